The molecular weight excluding hydrogens is 251 g/mol. The lowest BCUT2D eigenvalue weighted by Gasteiger charge is -2.21. The van der Waals surface area contributed by atoms with Crippen molar-refractivity contribution in [2.75, 3.05) is 26.2 Å². The summed E-state index contributed by atoms with van der Waals surface area (Å²) in [5.74, 6) is -1.50. The Balaban J connectivity index is 3.18. The Morgan fingerprint density at radius 1 is 1.22 bits per heavy atom. The Morgan fingerprint density at radius 2 is 1.83 bits per heavy atom. The zero-order chi connectivity index (χ0) is 13.9. The monoisotopic (exact) mass is 263 g/mol. The van der Waals surface area contributed by atoms with Crippen molar-refractivity contribution in [2.45, 2.75) is 6.18 Å². The molecule has 0 aliphatic heterocycles. The summed E-state index contributed by atoms with van der Waals surface area (Å²) in [5, 5.41) is 0. The first kappa shape index (κ1) is 14.1. The molecule has 100 valence electrons. The number of halogens is 3. The number of amides is 1. The van der Waals surface area contributed by atoms with E-state index in [1.807, 2.05) is 0 Å². The van der Waals surface area contributed by atoms with E-state index < -0.39 is 12.1 Å². The molecule has 0 aliphatic rings. The van der Waals surface area contributed by atoms with E-state index in [1.54, 1.807) is 0 Å². The fourth-order valence-corrected chi connectivity index (χ4v) is 1.36. The van der Waals surface area contributed by atoms with Crippen LogP contribution < -0.4 is 14.4 Å². The van der Waals surface area contributed by atoms with E-state index >= 15 is 0 Å². The zero-order valence-electron chi connectivity index (χ0n) is 10.0. The van der Waals surface area contributed by atoms with Crippen LogP contribution in [0.1, 0.15) is 0 Å². The van der Waals surface area contributed by atoms with Gasteiger partial charge in [-0.3, -0.25) is 4.79 Å². The van der Waals surface area contributed by atoms with Gasteiger partial charge in [-0.25, -0.2) is 0 Å². The highest BCUT2D eigenvalue weighted by atomic mass is 19.4. The molecule has 7 heteroatoms. The minimum atomic E-state index is -4.94. The van der Waals surface area contributed by atoms with Crippen LogP contribution in [0, 0.1) is 0 Å². The first-order chi connectivity index (χ1) is 8.31. The van der Waals surface area contributed by atoms with E-state index in [0.29, 0.717) is 10.6 Å². The van der Waals surface area contributed by atoms with Crippen LogP contribution in [0.25, 0.3) is 0 Å². The van der Waals surface area contributed by atoms with Gasteiger partial charge in [0.2, 0.25) is 0 Å². The topological polar surface area (TPSA) is 38.8 Å². The molecule has 1 aromatic carbocycles. The van der Waals surface area contributed by atoms with Crippen LogP contribution in [0.15, 0.2) is 18.2 Å². The molecule has 4 nitrogen and oxygen atoms in total. The van der Waals surface area contributed by atoms with Gasteiger partial charge in [-0.15, -0.1) is 0 Å². The van der Waals surface area contributed by atoms with Gasteiger partial charge >= 0.3 is 12.1 Å². The SMILES string of the molecule is COc1ccc(OC)c(N(C)C(=O)C(F)(F)F)c1. The number of benzene rings is 1. The number of rotatable bonds is 3. The third-order valence-corrected chi connectivity index (χ3v) is 2.29. The van der Waals surface area contributed by atoms with Crippen LogP contribution in [0.2, 0.25) is 0 Å². The van der Waals surface area contributed by atoms with Gasteiger partial charge < -0.3 is 14.4 Å². The molecular formula is C11H12F3NO3. The molecule has 0 saturated carbocycles. The fourth-order valence-electron chi connectivity index (χ4n) is 1.36. The number of methoxy groups -OCH3 is 2. The van der Waals surface area contributed by atoms with Gasteiger partial charge in [-0.05, 0) is 12.1 Å². The van der Waals surface area contributed by atoms with Crippen LogP contribution in [-0.4, -0.2) is 33.4 Å². The first-order valence-electron chi connectivity index (χ1n) is 4.88. The highest BCUT2D eigenvalue weighted by Gasteiger charge is 2.42. The molecule has 0 unspecified atom stereocenters. The van der Waals surface area contributed by atoms with Crippen molar-refractivity contribution >= 4 is 11.6 Å². The predicted molar refractivity (Wildman–Crippen MR) is 59.0 cm³/mol. The maximum atomic E-state index is 12.3. The third-order valence-electron chi connectivity index (χ3n) is 2.29. The highest BCUT2D eigenvalue weighted by molar-refractivity contribution is 5.98. The number of anilines is 1. The van der Waals surface area contributed by atoms with Crippen LogP contribution in [-0.2, 0) is 4.79 Å². The lowest BCUT2D eigenvalue weighted by Crippen LogP contribution is -2.38. The standard InChI is InChI=1S/C11H12F3NO3/c1-15(10(16)11(12,13)14)8-6-7(17-2)4-5-9(8)18-3/h4-6H,1-3H3. The summed E-state index contributed by atoms with van der Waals surface area (Å²) in [5.41, 5.74) is -0.0147. The molecule has 1 amide bonds. The summed E-state index contributed by atoms with van der Waals surface area (Å²) in [6.45, 7) is 0. The second-order valence-electron chi connectivity index (χ2n) is 3.40. The summed E-state index contributed by atoms with van der Waals surface area (Å²) in [6.07, 6.45) is -4.94. The molecule has 0 fully saturated rings. The average molecular weight is 263 g/mol. The molecule has 18 heavy (non-hydrogen) atoms. The summed E-state index contributed by atoms with van der Waals surface area (Å²) >= 11 is 0. The van der Waals surface area contributed by atoms with E-state index in [1.165, 1.54) is 32.4 Å². The number of hydrogen-bond donors (Lipinski definition) is 0. The van der Waals surface area contributed by atoms with Crippen LogP contribution in [0.5, 0.6) is 11.5 Å². The lowest BCUT2D eigenvalue weighted by molar-refractivity contribution is -0.170. The summed E-state index contributed by atoms with van der Waals surface area (Å²) in [6, 6.07) is 4.24. The molecule has 0 aliphatic carbocycles. The molecule has 1 rings (SSSR count). The molecule has 0 radical (unpaired) electrons. The minimum absolute atomic E-state index is 0.0147. The first-order valence-corrected chi connectivity index (χ1v) is 4.88. The predicted octanol–water partition coefficient (Wildman–Crippen LogP) is 2.23. The van der Waals surface area contributed by atoms with Gasteiger partial charge in [-0.2, -0.15) is 13.2 Å². The Morgan fingerprint density at radius 3 is 2.28 bits per heavy atom. The number of alkyl halides is 3. The number of carbonyl (C=O) groups is 1. The van der Waals surface area contributed by atoms with Crippen molar-refractivity contribution in [1.82, 2.24) is 0 Å². The van der Waals surface area contributed by atoms with Gasteiger partial charge in [-0.1, -0.05) is 0 Å². The molecule has 0 atom stereocenters. The van der Waals surface area contributed by atoms with Crippen molar-refractivity contribution in [3.63, 3.8) is 0 Å². The summed E-state index contributed by atoms with van der Waals surface area (Å²) in [7, 11) is 3.70. The minimum Gasteiger partial charge on any atom is -0.497 e. The Hall–Kier alpha value is -1.92. The van der Waals surface area contributed by atoms with Crippen molar-refractivity contribution in [3.05, 3.63) is 18.2 Å². The maximum absolute atomic E-state index is 12.3. The average Bonchev–Trinajstić information content (AvgIpc) is 2.35. The Labute approximate surface area is 102 Å². The molecule has 0 N–H and O–H groups in total. The van der Waals surface area contributed by atoms with Gasteiger partial charge in [0.1, 0.15) is 11.5 Å². The van der Waals surface area contributed by atoms with Crippen molar-refractivity contribution in [3.8, 4) is 11.5 Å². The molecule has 0 saturated heterocycles. The van der Waals surface area contributed by atoms with Gasteiger partial charge in [0.05, 0.1) is 19.9 Å². The smallest absolute Gasteiger partial charge is 0.471 e. The van der Waals surface area contributed by atoms with E-state index in [0.717, 1.165) is 7.05 Å². The summed E-state index contributed by atoms with van der Waals surface area (Å²) in [4.78, 5) is 11.6. The van der Waals surface area contributed by atoms with E-state index in [9.17, 15) is 18.0 Å². The largest absolute Gasteiger partial charge is 0.497 e. The summed E-state index contributed by atoms with van der Waals surface area (Å²) < 4.78 is 46.8. The number of carbonyl (C=O) groups excluding carboxylic acids is 1. The molecule has 0 spiro atoms. The molecule has 1 aromatic rings. The van der Waals surface area contributed by atoms with Crippen LogP contribution >= 0.6 is 0 Å². The molecule has 0 aromatic heterocycles. The quantitative estimate of drug-likeness (QED) is 0.839. The number of nitrogens with zero attached hydrogens (tertiary/aromatic N) is 1. The third kappa shape index (κ3) is 2.85. The Kier molecular flexibility index (Phi) is 4.05. The zero-order valence-corrected chi connectivity index (χ0v) is 10.0. The normalized spacial score (nSPS) is 11.0. The van der Waals surface area contributed by atoms with E-state index in [2.05, 4.69) is 0 Å². The van der Waals surface area contributed by atoms with Gasteiger partial charge in [0.25, 0.3) is 0 Å². The van der Waals surface area contributed by atoms with Gasteiger partial charge in [0.15, 0.2) is 0 Å². The number of hydrogen-bond acceptors (Lipinski definition) is 3. The number of ether oxygens (including phenoxy) is 2. The second-order valence-corrected chi connectivity index (χ2v) is 3.40. The van der Waals surface area contributed by atoms with Crippen molar-refractivity contribution in [1.29, 1.82) is 0 Å². The Bertz CT molecular complexity index is 446. The van der Waals surface area contributed by atoms with Crippen molar-refractivity contribution < 1.29 is 27.4 Å². The van der Waals surface area contributed by atoms with Crippen LogP contribution in [0.3, 0.4) is 0 Å². The van der Waals surface area contributed by atoms with Crippen molar-refractivity contribution in [2.24, 2.45) is 0 Å². The molecule has 0 bridgehead atoms. The fraction of sp³-hybridized carbons (Fsp3) is 0.364. The van der Waals surface area contributed by atoms with Gasteiger partial charge in [0, 0.05) is 13.1 Å². The lowest BCUT2D eigenvalue weighted by atomic mass is 10.2. The maximum Gasteiger partial charge on any atom is 0.471 e. The van der Waals surface area contributed by atoms with Crippen LogP contribution in [0.4, 0.5) is 18.9 Å². The second kappa shape index (κ2) is 5.16. The highest BCUT2D eigenvalue weighted by Crippen LogP contribution is 2.33. The van der Waals surface area contributed by atoms with E-state index in [-0.39, 0.29) is 11.4 Å². The van der Waals surface area contributed by atoms with E-state index in [4.69, 9.17) is 9.47 Å². The molecule has 0 heterocycles.